The maximum atomic E-state index is 13.2. The van der Waals surface area contributed by atoms with Crippen LogP contribution in [0.3, 0.4) is 0 Å². The van der Waals surface area contributed by atoms with Crippen molar-refractivity contribution in [1.82, 2.24) is 15.2 Å². The minimum Gasteiger partial charge on any atom is -0.445 e. The van der Waals surface area contributed by atoms with Gasteiger partial charge in [-0.25, -0.2) is 4.79 Å². The Bertz CT molecular complexity index is 993. The van der Waals surface area contributed by atoms with Gasteiger partial charge >= 0.3 is 6.09 Å². The van der Waals surface area contributed by atoms with Crippen molar-refractivity contribution >= 4 is 22.9 Å². The largest absolute Gasteiger partial charge is 0.445 e. The van der Waals surface area contributed by atoms with Gasteiger partial charge in [0.2, 0.25) is 5.91 Å². The summed E-state index contributed by atoms with van der Waals surface area (Å²) in [6, 6.07) is 16.8. The minimum atomic E-state index is -0.662. The number of hydrogen-bond donors (Lipinski definition) is 2. The van der Waals surface area contributed by atoms with Crippen molar-refractivity contribution in [3.8, 4) is 0 Å². The molecule has 2 heterocycles. The SMILES string of the molecule is O=C(NC(Cc1c[nH]c2ccccc12)C(=O)N1CCCCC1)OCc1ccccc1. The Balaban J connectivity index is 1.47. The minimum absolute atomic E-state index is 0.0448. The van der Waals surface area contributed by atoms with E-state index in [-0.39, 0.29) is 12.5 Å². The molecule has 6 nitrogen and oxygen atoms in total. The topological polar surface area (TPSA) is 74.4 Å². The third-order valence-electron chi connectivity index (χ3n) is 5.57. The number of carbonyl (C=O) groups excluding carboxylic acids is 2. The van der Waals surface area contributed by atoms with Gasteiger partial charge in [-0.2, -0.15) is 0 Å². The summed E-state index contributed by atoms with van der Waals surface area (Å²) in [6.45, 7) is 1.65. The fourth-order valence-electron chi connectivity index (χ4n) is 3.96. The lowest BCUT2D eigenvalue weighted by molar-refractivity contribution is -0.134. The summed E-state index contributed by atoms with van der Waals surface area (Å²) in [6.07, 6.45) is 4.91. The van der Waals surface area contributed by atoms with E-state index in [0.717, 1.165) is 54.4 Å². The van der Waals surface area contributed by atoms with Crippen LogP contribution in [0.25, 0.3) is 10.9 Å². The van der Waals surface area contributed by atoms with Crippen molar-refractivity contribution in [1.29, 1.82) is 0 Å². The van der Waals surface area contributed by atoms with E-state index in [0.29, 0.717) is 6.42 Å². The van der Waals surface area contributed by atoms with Gasteiger partial charge in [-0.05, 0) is 36.5 Å². The zero-order chi connectivity index (χ0) is 20.8. The first kappa shape index (κ1) is 20.0. The lowest BCUT2D eigenvalue weighted by Crippen LogP contribution is -2.51. The number of likely N-dealkylation sites (tertiary alicyclic amines) is 1. The molecule has 0 saturated carbocycles. The molecule has 0 bridgehead atoms. The zero-order valence-corrected chi connectivity index (χ0v) is 17.0. The summed E-state index contributed by atoms with van der Waals surface area (Å²) >= 11 is 0. The molecule has 1 unspecified atom stereocenters. The van der Waals surface area contributed by atoms with Crippen LogP contribution in [0.2, 0.25) is 0 Å². The summed E-state index contributed by atoms with van der Waals surface area (Å²) < 4.78 is 5.37. The number of aromatic amines is 1. The molecule has 2 N–H and O–H groups in total. The second kappa shape index (κ2) is 9.48. The Morgan fingerprint density at radius 2 is 1.73 bits per heavy atom. The average Bonchev–Trinajstić information content (AvgIpc) is 3.21. The van der Waals surface area contributed by atoms with Crippen LogP contribution in [0.1, 0.15) is 30.4 Å². The highest BCUT2D eigenvalue weighted by atomic mass is 16.5. The predicted molar refractivity (Wildman–Crippen MR) is 116 cm³/mol. The third-order valence-corrected chi connectivity index (χ3v) is 5.57. The first-order valence-electron chi connectivity index (χ1n) is 10.5. The van der Waals surface area contributed by atoms with E-state index in [1.54, 1.807) is 0 Å². The van der Waals surface area contributed by atoms with Crippen molar-refractivity contribution in [2.24, 2.45) is 0 Å². The van der Waals surface area contributed by atoms with Crippen molar-refractivity contribution in [3.05, 3.63) is 71.9 Å². The average molecular weight is 405 g/mol. The van der Waals surface area contributed by atoms with E-state index in [1.807, 2.05) is 65.7 Å². The molecule has 2 amide bonds. The molecule has 3 aromatic rings. The first-order chi connectivity index (χ1) is 14.7. The Labute approximate surface area is 176 Å². The number of amides is 2. The number of piperidine rings is 1. The molecule has 1 fully saturated rings. The summed E-state index contributed by atoms with van der Waals surface area (Å²) in [5.41, 5.74) is 2.93. The molecule has 1 aliphatic rings. The summed E-state index contributed by atoms with van der Waals surface area (Å²) in [5, 5.41) is 3.88. The molecule has 1 atom stereocenters. The number of nitrogens with one attached hydrogen (secondary N) is 2. The fraction of sp³-hybridized carbons (Fsp3) is 0.333. The highest BCUT2D eigenvalue weighted by Gasteiger charge is 2.28. The molecule has 6 heteroatoms. The number of ether oxygens (including phenoxy) is 1. The maximum absolute atomic E-state index is 13.2. The number of alkyl carbamates (subject to hydrolysis) is 1. The van der Waals surface area contributed by atoms with E-state index in [9.17, 15) is 9.59 Å². The van der Waals surface area contributed by atoms with Crippen LogP contribution in [0.4, 0.5) is 4.79 Å². The molecule has 1 aliphatic heterocycles. The molecule has 2 aromatic carbocycles. The quantitative estimate of drug-likeness (QED) is 0.651. The summed E-state index contributed by atoms with van der Waals surface area (Å²) in [7, 11) is 0. The Kier molecular flexibility index (Phi) is 6.32. The highest BCUT2D eigenvalue weighted by molar-refractivity contribution is 5.88. The van der Waals surface area contributed by atoms with Crippen LogP contribution >= 0.6 is 0 Å². The molecular weight excluding hydrogens is 378 g/mol. The molecule has 30 heavy (non-hydrogen) atoms. The molecular formula is C24H27N3O3. The fourth-order valence-corrected chi connectivity index (χ4v) is 3.96. The van der Waals surface area contributed by atoms with Crippen LogP contribution in [-0.4, -0.2) is 41.0 Å². The highest BCUT2D eigenvalue weighted by Crippen LogP contribution is 2.20. The number of para-hydroxylation sites is 1. The van der Waals surface area contributed by atoms with Crippen LogP contribution in [0.5, 0.6) is 0 Å². The molecule has 1 saturated heterocycles. The van der Waals surface area contributed by atoms with E-state index < -0.39 is 12.1 Å². The second-order valence-electron chi connectivity index (χ2n) is 7.71. The van der Waals surface area contributed by atoms with Gasteiger partial charge in [-0.1, -0.05) is 48.5 Å². The number of carbonyl (C=O) groups is 2. The second-order valence-corrected chi connectivity index (χ2v) is 7.71. The van der Waals surface area contributed by atoms with E-state index in [1.165, 1.54) is 0 Å². The van der Waals surface area contributed by atoms with Crippen molar-refractivity contribution in [3.63, 3.8) is 0 Å². The van der Waals surface area contributed by atoms with Gasteiger partial charge in [0.05, 0.1) is 0 Å². The number of nitrogens with zero attached hydrogens (tertiary/aromatic N) is 1. The van der Waals surface area contributed by atoms with E-state index in [4.69, 9.17) is 4.74 Å². The lowest BCUT2D eigenvalue weighted by atomic mass is 10.0. The Morgan fingerprint density at radius 3 is 2.53 bits per heavy atom. The molecule has 0 spiro atoms. The van der Waals surface area contributed by atoms with Gasteiger partial charge in [0.1, 0.15) is 12.6 Å². The number of aromatic nitrogens is 1. The molecule has 156 valence electrons. The van der Waals surface area contributed by atoms with Gasteiger partial charge in [-0.3, -0.25) is 4.79 Å². The normalized spacial score (nSPS) is 15.0. The Hall–Kier alpha value is -3.28. The van der Waals surface area contributed by atoms with Gasteiger partial charge in [0.15, 0.2) is 0 Å². The molecule has 4 rings (SSSR count). The number of fused-ring (bicyclic) bond motifs is 1. The van der Waals surface area contributed by atoms with Crippen LogP contribution in [-0.2, 0) is 22.6 Å². The summed E-state index contributed by atoms with van der Waals surface area (Å²) in [4.78, 5) is 30.8. The lowest BCUT2D eigenvalue weighted by Gasteiger charge is -2.30. The van der Waals surface area contributed by atoms with Crippen LogP contribution in [0, 0.1) is 0 Å². The molecule has 0 aliphatic carbocycles. The number of benzene rings is 2. The molecule has 0 radical (unpaired) electrons. The van der Waals surface area contributed by atoms with Crippen LogP contribution in [0.15, 0.2) is 60.8 Å². The Morgan fingerprint density at radius 1 is 1.00 bits per heavy atom. The maximum Gasteiger partial charge on any atom is 0.408 e. The van der Waals surface area contributed by atoms with Gasteiger partial charge < -0.3 is 19.9 Å². The van der Waals surface area contributed by atoms with E-state index >= 15 is 0 Å². The van der Waals surface area contributed by atoms with Gasteiger partial charge in [0, 0.05) is 36.6 Å². The molecule has 1 aromatic heterocycles. The standard InChI is InChI=1S/C24H27N3O3/c28-23(27-13-7-2-8-14-27)22(15-19-16-25-21-12-6-5-11-20(19)21)26-24(29)30-17-18-9-3-1-4-10-18/h1,3-6,9-12,16,22,25H,2,7-8,13-15,17H2,(H,26,29). The van der Waals surface area contributed by atoms with Crippen molar-refractivity contribution < 1.29 is 14.3 Å². The van der Waals surface area contributed by atoms with Crippen molar-refractivity contribution in [2.45, 2.75) is 38.3 Å². The zero-order valence-electron chi connectivity index (χ0n) is 17.0. The van der Waals surface area contributed by atoms with Gasteiger partial charge in [-0.15, -0.1) is 0 Å². The predicted octanol–water partition coefficient (Wildman–Crippen LogP) is 4.02. The smallest absolute Gasteiger partial charge is 0.408 e. The number of H-pyrrole nitrogens is 1. The van der Waals surface area contributed by atoms with Crippen LogP contribution < -0.4 is 5.32 Å². The monoisotopic (exact) mass is 405 g/mol. The van der Waals surface area contributed by atoms with Crippen molar-refractivity contribution in [2.75, 3.05) is 13.1 Å². The first-order valence-corrected chi connectivity index (χ1v) is 10.5. The summed E-state index contributed by atoms with van der Waals surface area (Å²) in [5.74, 6) is -0.0448. The number of rotatable bonds is 6. The van der Waals surface area contributed by atoms with Gasteiger partial charge in [0.25, 0.3) is 0 Å². The number of hydrogen-bond acceptors (Lipinski definition) is 3. The third kappa shape index (κ3) is 4.82. The van der Waals surface area contributed by atoms with E-state index in [2.05, 4.69) is 10.3 Å².